The summed E-state index contributed by atoms with van der Waals surface area (Å²) < 4.78 is 53.1. The van der Waals surface area contributed by atoms with E-state index in [0.29, 0.717) is 11.1 Å². The molecule has 0 aliphatic rings. The Morgan fingerprint density at radius 1 is 1.00 bits per heavy atom. The predicted molar refractivity (Wildman–Crippen MR) is 89.6 cm³/mol. The predicted octanol–water partition coefficient (Wildman–Crippen LogP) is 5.28. The average Bonchev–Trinajstić information content (AvgIpc) is 2.42. The molecular formula is C17H26F3NOS. The van der Waals surface area contributed by atoms with Crippen molar-refractivity contribution >= 4 is 11.0 Å². The van der Waals surface area contributed by atoms with Crippen LogP contribution in [0.4, 0.5) is 13.2 Å². The molecule has 1 aromatic rings. The highest BCUT2D eigenvalue weighted by molar-refractivity contribution is 7.84. The van der Waals surface area contributed by atoms with Crippen LogP contribution in [0, 0.1) is 0 Å². The molecule has 1 aromatic carbocycles. The van der Waals surface area contributed by atoms with Gasteiger partial charge in [0.1, 0.15) is 0 Å². The number of alkyl halides is 3. The van der Waals surface area contributed by atoms with Crippen molar-refractivity contribution in [2.75, 3.05) is 7.05 Å². The van der Waals surface area contributed by atoms with E-state index >= 15 is 0 Å². The van der Waals surface area contributed by atoms with Gasteiger partial charge in [0.25, 0.3) is 0 Å². The van der Waals surface area contributed by atoms with Crippen molar-refractivity contribution in [2.45, 2.75) is 64.4 Å². The van der Waals surface area contributed by atoms with E-state index in [1.54, 1.807) is 24.3 Å². The molecule has 0 amide bonds. The second kappa shape index (κ2) is 6.93. The summed E-state index contributed by atoms with van der Waals surface area (Å²) in [6.07, 6.45) is -4.39. The molecule has 2 unspecified atom stereocenters. The summed E-state index contributed by atoms with van der Waals surface area (Å²) >= 11 is 0. The molecule has 132 valence electrons. The van der Waals surface area contributed by atoms with Gasteiger partial charge in [-0.25, -0.2) is 8.51 Å². The minimum absolute atomic E-state index is 0.0123. The number of rotatable bonds is 4. The topological polar surface area (TPSA) is 20.3 Å². The zero-order valence-electron chi connectivity index (χ0n) is 14.8. The van der Waals surface area contributed by atoms with Gasteiger partial charge in [-0.1, -0.05) is 19.9 Å². The van der Waals surface area contributed by atoms with Crippen LogP contribution in [-0.2, 0) is 17.2 Å². The minimum Gasteiger partial charge on any atom is -0.242 e. The van der Waals surface area contributed by atoms with E-state index in [1.165, 1.54) is 6.07 Å². The van der Waals surface area contributed by atoms with E-state index in [1.807, 2.05) is 34.6 Å². The van der Waals surface area contributed by atoms with Crippen LogP contribution in [0.3, 0.4) is 0 Å². The Morgan fingerprint density at radius 3 is 1.87 bits per heavy atom. The summed E-state index contributed by atoms with van der Waals surface area (Å²) in [4.78, 5) is 0. The molecule has 0 saturated heterocycles. The minimum atomic E-state index is -4.39. The summed E-state index contributed by atoms with van der Waals surface area (Å²) in [6.45, 7) is 11.0. The number of hydrogen-bond donors (Lipinski definition) is 0. The van der Waals surface area contributed by atoms with E-state index < -0.39 is 27.5 Å². The molecule has 1 rings (SSSR count). The smallest absolute Gasteiger partial charge is 0.242 e. The number of benzene rings is 1. The van der Waals surface area contributed by atoms with Gasteiger partial charge in [-0.15, -0.1) is 0 Å². The van der Waals surface area contributed by atoms with Crippen LogP contribution in [0.2, 0.25) is 0 Å². The van der Waals surface area contributed by atoms with E-state index in [0.717, 1.165) is 6.07 Å². The monoisotopic (exact) mass is 349 g/mol. The van der Waals surface area contributed by atoms with Gasteiger partial charge in [-0.05, 0) is 56.9 Å². The summed E-state index contributed by atoms with van der Waals surface area (Å²) in [5.41, 5.74) is 0.515. The van der Waals surface area contributed by atoms with Crippen LogP contribution < -0.4 is 0 Å². The molecule has 0 bridgehead atoms. The maximum absolute atomic E-state index is 13.2. The maximum Gasteiger partial charge on any atom is 0.416 e. The Balaban J connectivity index is 3.30. The molecule has 0 heterocycles. The SMILES string of the molecule is CC(C)c1cc(C(C)N(C)S(=O)C(C)(C)C)cc(C(F)(F)F)c1. The van der Waals surface area contributed by atoms with E-state index in [9.17, 15) is 17.4 Å². The highest BCUT2D eigenvalue weighted by atomic mass is 32.2. The van der Waals surface area contributed by atoms with Crippen molar-refractivity contribution in [1.29, 1.82) is 0 Å². The largest absolute Gasteiger partial charge is 0.416 e. The highest BCUT2D eigenvalue weighted by Gasteiger charge is 2.33. The first-order valence-electron chi connectivity index (χ1n) is 7.62. The van der Waals surface area contributed by atoms with Crippen molar-refractivity contribution in [2.24, 2.45) is 0 Å². The van der Waals surface area contributed by atoms with Crippen LogP contribution in [0.25, 0.3) is 0 Å². The standard InChI is InChI=1S/C17H26F3NOS/c1-11(2)13-8-14(10-15(9-13)17(18,19)20)12(3)21(7)23(22)16(4,5)6/h8-12H,1-7H3. The fraction of sp³-hybridized carbons (Fsp3) is 0.647. The molecule has 0 N–H and O–H groups in total. The Morgan fingerprint density at radius 2 is 1.48 bits per heavy atom. The highest BCUT2D eigenvalue weighted by Crippen LogP contribution is 2.35. The summed E-state index contributed by atoms with van der Waals surface area (Å²) in [6, 6.07) is 3.75. The molecule has 0 aromatic heterocycles. The van der Waals surface area contributed by atoms with Crippen LogP contribution in [0.15, 0.2) is 18.2 Å². The van der Waals surface area contributed by atoms with Crippen LogP contribution >= 0.6 is 0 Å². The van der Waals surface area contributed by atoms with Gasteiger partial charge < -0.3 is 0 Å². The quantitative estimate of drug-likeness (QED) is 0.724. The third kappa shape index (κ3) is 5.05. The van der Waals surface area contributed by atoms with Crippen molar-refractivity contribution in [3.05, 3.63) is 34.9 Å². The summed E-state index contributed by atoms with van der Waals surface area (Å²) in [7, 11) is 0.376. The van der Waals surface area contributed by atoms with Crippen LogP contribution in [-0.4, -0.2) is 20.3 Å². The van der Waals surface area contributed by atoms with Gasteiger partial charge >= 0.3 is 6.18 Å². The average molecular weight is 349 g/mol. The normalized spacial score (nSPS) is 16.0. The molecule has 0 saturated carbocycles. The molecule has 2 nitrogen and oxygen atoms in total. The van der Waals surface area contributed by atoms with Crippen molar-refractivity contribution < 1.29 is 17.4 Å². The molecule has 0 radical (unpaired) electrons. The first-order chi connectivity index (χ1) is 10.2. The Labute approximate surface area is 139 Å². The third-order valence-corrected chi connectivity index (χ3v) is 5.67. The fourth-order valence-electron chi connectivity index (χ4n) is 2.20. The molecule has 0 aliphatic carbocycles. The van der Waals surface area contributed by atoms with Crippen molar-refractivity contribution in [3.63, 3.8) is 0 Å². The van der Waals surface area contributed by atoms with Crippen molar-refractivity contribution in [3.8, 4) is 0 Å². The third-order valence-electron chi connectivity index (χ3n) is 3.78. The Hall–Kier alpha value is -0.880. The molecule has 23 heavy (non-hydrogen) atoms. The lowest BCUT2D eigenvalue weighted by Crippen LogP contribution is -2.36. The first-order valence-corrected chi connectivity index (χ1v) is 8.72. The van der Waals surface area contributed by atoms with Gasteiger partial charge in [0.05, 0.1) is 21.3 Å². The number of nitrogens with zero attached hydrogens (tertiary/aromatic N) is 1. The lowest BCUT2D eigenvalue weighted by molar-refractivity contribution is -0.137. The van der Waals surface area contributed by atoms with Gasteiger partial charge in [0, 0.05) is 13.1 Å². The first kappa shape index (κ1) is 20.2. The molecule has 0 aliphatic heterocycles. The zero-order valence-corrected chi connectivity index (χ0v) is 15.6. The van der Waals surface area contributed by atoms with Gasteiger partial charge in [0.2, 0.25) is 0 Å². The van der Waals surface area contributed by atoms with E-state index in [-0.39, 0.29) is 12.0 Å². The fourth-order valence-corrected chi connectivity index (χ4v) is 3.47. The molecule has 0 spiro atoms. The Kier molecular flexibility index (Phi) is 6.08. The maximum atomic E-state index is 13.2. The molecule has 0 fully saturated rings. The number of halogens is 3. The molecule has 6 heteroatoms. The van der Waals surface area contributed by atoms with Crippen LogP contribution in [0.5, 0.6) is 0 Å². The van der Waals surface area contributed by atoms with Gasteiger partial charge in [-0.3, -0.25) is 0 Å². The Bertz CT molecular complexity index is 576. The zero-order chi connectivity index (χ0) is 18.2. The van der Waals surface area contributed by atoms with Crippen molar-refractivity contribution in [1.82, 2.24) is 4.31 Å². The van der Waals surface area contributed by atoms with E-state index in [4.69, 9.17) is 0 Å². The van der Waals surface area contributed by atoms with Crippen LogP contribution in [0.1, 0.15) is 70.2 Å². The van der Waals surface area contributed by atoms with E-state index in [2.05, 4.69) is 0 Å². The number of hydrogen-bond acceptors (Lipinski definition) is 1. The lowest BCUT2D eigenvalue weighted by Gasteiger charge is -2.31. The van der Waals surface area contributed by atoms with Gasteiger partial charge in [-0.2, -0.15) is 13.2 Å². The molecular weight excluding hydrogens is 323 g/mol. The summed E-state index contributed by atoms with van der Waals surface area (Å²) in [5.74, 6) is -0.0123. The lowest BCUT2D eigenvalue weighted by atomic mass is 9.95. The molecule has 2 atom stereocenters. The second-order valence-corrected chi connectivity index (χ2v) is 9.42. The van der Waals surface area contributed by atoms with Gasteiger partial charge in [0.15, 0.2) is 0 Å². The summed E-state index contributed by atoms with van der Waals surface area (Å²) in [5, 5.41) is 0. The second-order valence-electron chi connectivity index (χ2n) is 7.12.